The third-order valence-corrected chi connectivity index (χ3v) is 6.20. The molecule has 2 aliphatic rings. The second-order valence-corrected chi connectivity index (χ2v) is 8.01. The molecule has 1 aliphatic heterocycles. The maximum atomic E-state index is 13.2. The summed E-state index contributed by atoms with van der Waals surface area (Å²) in [6, 6.07) is 5.51. The SMILES string of the molecule is C[C@H]1CC(C2(C)C(=O)N(CC(=O)c3cccc(O)c3)C(=O)N2C)[C@@H](C)C1. The Morgan fingerprint density at radius 3 is 2.54 bits per heavy atom. The molecule has 1 N–H and O–H groups in total. The number of carbonyl (C=O) groups excluding carboxylic acids is 3. The van der Waals surface area contributed by atoms with E-state index in [2.05, 4.69) is 13.8 Å². The van der Waals surface area contributed by atoms with Gasteiger partial charge in [-0.1, -0.05) is 26.0 Å². The number of carbonyl (C=O) groups is 3. The fourth-order valence-electron chi connectivity index (χ4n) is 4.69. The van der Waals surface area contributed by atoms with Gasteiger partial charge in [0, 0.05) is 12.6 Å². The van der Waals surface area contributed by atoms with E-state index in [9.17, 15) is 19.5 Å². The highest BCUT2D eigenvalue weighted by atomic mass is 16.3. The fraction of sp³-hybridized carbons (Fsp3) is 0.550. The molecule has 0 spiro atoms. The normalized spacial score (nSPS) is 31.8. The van der Waals surface area contributed by atoms with Crippen LogP contribution >= 0.6 is 0 Å². The van der Waals surface area contributed by atoms with E-state index in [-0.39, 0.29) is 35.5 Å². The van der Waals surface area contributed by atoms with Gasteiger partial charge in [0.2, 0.25) is 0 Å². The zero-order valence-corrected chi connectivity index (χ0v) is 15.7. The van der Waals surface area contributed by atoms with E-state index in [4.69, 9.17) is 0 Å². The lowest BCUT2D eigenvalue weighted by Crippen LogP contribution is -2.52. The summed E-state index contributed by atoms with van der Waals surface area (Å²) >= 11 is 0. The summed E-state index contributed by atoms with van der Waals surface area (Å²) < 4.78 is 0. The molecule has 1 aliphatic carbocycles. The third-order valence-electron chi connectivity index (χ3n) is 6.20. The number of imide groups is 1. The van der Waals surface area contributed by atoms with Crippen LogP contribution in [0.3, 0.4) is 0 Å². The number of phenols is 1. The van der Waals surface area contributed by atoms with Crippen molar-refractivity contribution in [2.24, 2.45) is 17.8 Å². The number of hydrogen-bond donors (Lipinski definition) is 1. The number of Topliss-reactive ketones (excluding diaryl/α,β-unsaturated/α-hetero) is 1. The van der Waals surface area contributed by atoms with Gasteiger partial charge in [-0.3, -0.25) is 14.5 Å². The summed E-state index contributed by atoms with van der Waals surface area (Å²) in [6.07, 6.45) is 1.94. The molecule has 1 aromatic carbocycles. The number of likely N-dealkylation sites (N-methyl/N-ethyl adjacent to an activating group) is 1. The van der Waals surface area contributed by atoms with Crippen LogP contribution in [0, 0.1) is 17.8 Å². The van der Waals surface area contributed by atoms with Crippen molar-refractivity contribution in [1.82, 2.24) is 9.80 Å². The Morgan fingerprint density at radius 1 is 1.27 bits per heavy atom. The van der Waals surface area contributed by atoms with E-state index in [0.29, 0.717) is 11.8 Å². The lowest BCUT2D eigenvalue weighted by Gasteiger charge is -2.37. The predicted octanol–water partition coefficient (Wildman–Crippen LogP) is 2.91. The highest BCUT2D eigenvalue weighted by Crippen LogP contribution is 2.47. The van der Waals surface area contributed by atoms with E-state index in [1.807, 2.05) is 6.92 Å². The standard InChI is InChI=1S/C20H26N2O4/c1-12-8-13(2)16(9-12)20(3)18(25)22(19(26)21(20)4)11-17(24)14-6-5-7-15(23)10-14/h5-7,10,12-13,16,23H,8-9,11H2,1-4H3/t12-,13+,16?,20?/m1/s1. The van der Waals surface area contributed by atoms with Gasteiger partial charge in [0.25, 0.3) is 5.91 Å². The average molecular weight is 358 g/mol. The maximum Gasteiger partial charge on any atom is 0.327 e. The fourth-order valence-corrected chi connectivity index (χ4v) is 4.69. The van der Waals surface area contributed by atoms with Crippen LogP contribution in [-0.4, -0.2) is 51.8 Å². The lowest BCUT2D eigenvalue weighted by molar-refractivity contribution is -0.135. The van der Waals surface area contributed by atoms with Gasteiger partial charge in [-0.2, -0.15) is 0 Å². The monoisotopic (exact) mass is 358 g/mol. The summed E-state index contributed by atoms with van der Waals surface area (Å²) in [6.45, 7) is 5.82. The molecule has 6 nitrogen and oxygen atoms in total. The van der Waals surface area contributed by atoms with Gasteiger partial charge < -0.3 is 10.0 Å². The number of urea groups is 1. The molecule has 1 aromatic rings. The van der Waals surface area contributed by atoms with Gasteiger partial charge in [0.1, 0.15) is 11.3 Å². The highest BCUT2D eigenvalue weighted by molar-refractivity contribution is 6.11. The van der Waals surface area contributed by atoms with Crippen LogP contribution in [0.1, 0.15) is 44.0 Å². The molecule has 0 aromatic heterocycles. The molecule has 0 bridgehead atoms. The Balaban J connectivity index is 1.85. The Kier molecular flexibility index (Phi) is 4.54. The molecule has 4 atom stereocenters. The Hall–Kier alpha value is -2.37. The van der Waals surface area contributed by atoms with Crippen LogP contribution in [0.25, 0.3) is 0 Å². The molecule has 1 saturated carbocycles. The number of aromatic hydroxyl groups is 1. The summed E-state index contributed by atoms with van der Waals surface area (Å²) in [5, 5.41) is 9.54. The first kappa shape index (κ1) is 18.4. The van der Waals surface area contributed by atoms with Crippen LogP contribution in [0.4, 0.5) is 4.79 Å². The smallest absolute Gasteiger partial charge is 0.327 e. The Bertz CT molecular complexity index is 762. The lowest BCUT2D eigenvalue weighted by atomic mass is 9.78. The van der Waals surface area contributed by atoms with Gasteiger partial charge in [0.05, 0.1) is 6.54 Å². The quantitative estimate of drug-likeness (QED) is 0.663. The van der Waals surface area contributed by atoms with E-state index in [1.165, 1.54) is 17.0 Å². The van der Waals surface area contributed by atoms with Crippen LogP contribution in [0.5, 0.6) is 5.75 Å². The summed E-state index contributed by atoms with van der Waals surface area (Å²) in [4.78, 5) is 41.0. The molecular formula is C20H26N2O4. The van der Waals surface area contributed by atoms with Crippen LogP contribution in [0.15, 0.2) is 24.3 Å². The average Bonchev–Trinajstić information content (AvgIpc) is 3.01. The van der Waals surface area contributed by atoms with Crippen molar-refractivity contribution in [3.63, 3.8) is 0 Å². The van der Waals surface area contributed by atoms with Crippen molar-refractivity contribution in [2.45, 2.75) is 39.2 Å². The summed E-state index contributed by atoms with van der Waals surface area (Å²) in [7, 11) is 1.65. The van der Waals surface area contributed by atoms with Crippen molar-refractivity contribution < 1.29 is 19.5 Å². The number of benzene rings is 1. The maximum absolute atomic E-state index is 13.2. The molecule has 140 valence electrons. The van der Waals surface area contributed by atoms with E-state index in [1.54, 1.807) is 19.2 Å². The van der Waals surface area contributed by atoms with Gasteiger partial charge in [-0.05, 0) is 49.7 Å². The molecule has 26 heavy (non-hydrogen) atoms. The van der Waals surface area contributed by atoms with Crippen molar-refractivity contribution >= 4 is 17.7 Å². The predicted molar refractivity (Wildman–Crippen MR) is 96.8 cm³/mol. The first-order valence-electron chi connectivity index (χ1n) is 9.08. The Labute approximate surface area is 153 Å². The summed E-state index contributed by atoms with van der Waals surface area (Å²) in [5.74, 6) is 0.255. The number of amides is 3. The van der Waals surface area contributed by atoms with Gasteiger partial charge in [-0.25, -0.2) is 4.79 Å². The first-order valence-corrected chi connectivity index (χ1v) is 9.08. The van der Waals surface area contributed by atoms with Gasteiger partial charge >= 0.3 is 6.03 Å². The minimum absolute atomic E-state index is 0.0225. The molecule has 3 rings (SSSR count). The first-order chi connectivity index (χ1) is 12.2. The molecular weight excluding hydrogens is 332 g/mol. The number of ketones is 1. The van der Waals surface area contributed by atoms with Gasteiger partial charge in [-0.15, -0.1) is 0 Å². The van der Waals surface area contributed by atoms with Crippen LogP contribution in [-0.2, 0) is 4.79 Å². The minimum Gasteiger partial charge on any atom is -0.508 e. The molecule has 1 heterocycles. The van der Waals surface area contributed by atoms with Crippen molar-refractivity contribution in [2.75, 3.05) is 13.6 Å². The van der Waals surface area contributed by atoms with Crippen molar-refractivity contribution in [3.05, 3.63) is 29.8 Å². The largest absolute Gasteiger partial charge is 0.508 e. The number of hydrogen-bond acceptors (Lipinski definition) is 4. The summed E-state index contributed by atoms with van der Waals surface area (Å²) in [5.41, 5.74) is -0.634. The molecule has 3 amide bonds. The van der Waals surface area contributed by atoms with Crippen LogP contribution in [0.2, 0.25) is 0 Å². The van der Waals surface area contributed by atoms with E-state index < -0.39 is 11.6 Å². The third kappa shape index (κ3) is 2.77. The topological polar surface area (TPSA) is 77.9 Å². The zero-order chi connectivity index (χ0) is 19.2. The van der Waals surface area contributed by atoms with Crippen LogP contribution < -0.4 is 0 Å². The van der Waals surface area contributed by atoms with E-state index in [0.717, 1.165) is 17.7 Å². The van der Waals surface area contributed by atoms with E-state index >= 15 is 0 Å². The van der Waals surface area contributed by atoms with Crippen molar-refractivity contribution in [3.8, 4) is 5.75 Å². The van der Waals surface area contributed by atoms with Gasteiger partial charge in [0.15, 0.2) is 5.78 Å². The second-order valence-electron chi connectivity index (χ2n) is 8.01. The molecule has 0 radical (unpaired) electrons. The van der Waals surface area contributed by atoms with Crippen molar-refractivity contribution in [1.29, 1.82) is 0 Å². The molecule has 2 fully saturated rings. The second kappa shape index (κ2) is 6.41. The highest BCUT2D eigenvalue weighted by Gasteiger charge is 2.59. The number of nitrogens with zero attached hydrogens (tertiary/aromatic N) is 2. The molecule has 1 saturated heterocycles. The molecule has 2 unspecified atom stereocenters. The Morgan fingerprint density at radius 2 is 1.96 bits per heavy atom. The molecule has 6 heteroatoms. The number of rotatable bonds is 4. The zero-order valence-electron chi connectivity index (χ0n) is 15.7. The number of phenolic OH excluding ortho intramolecular Hbond substituents is 1. The minimum atomic E-state index is -0.916.